The van der Waals surface area contributed by atoms with Crippen molar-refractivity contribution in [2.24, 2.45) is 0 Å². The molecule has 9 nitrogen and oxygen atoms in total. The number of ether oxygens (including phenoxy) is 2. The maximum atomic E-state index is 13.3. The fraction of sp³-hybridized carbons (Fsp3) is 0.320. The van der Waals surface area contributed by atoms with Crippen molar-refractivity contribution < 1.29 is 29.3 Å². The lowest BCUT2D eigenvalue weighted by Gasteiger charge is -2.28. The Labute approximate surface area is 195 Å². The van der Waals surface area contributed by atoms with Gasteiger partial charge in [-0.2, -0.15) is 0 Å². The number of carbonyl (C=O) groups is 2. The molecule has 0 saturated heterocycles. The van der Waals surface area contributed by atoms with Gasteiger partial charge in [0.25, 0.3) is 12.0 Å². The molecule has 2 atom stereocenters. The number of aromatic nitrogens is 1. The number of rotatable bonds is 9. The summed E-state index contributed by atoms with van der Waals surface area (Å²) in [6, 6.07) is 7.03. The Bertz CT molecular complexity index is 1270. The smallest absolute Gasteiger partial charge is 0.334 e. The van der Waals surface area contributed by atoms with E-state index >= 15 is 0 Å². The second-order valence-corrected chi connectivity index (χ2v) is 8.32. The van der Waals surface area contributed by atoms with E-state index in [1.54, 1.807) is 23.6 Å². The number of aliphatic hydroxyl groups is 1. The molecule has 2 aromatic rings. The van der Waals surface area contributed by atoms with Crippen LogP contribution in [0.4, 0.5) is 5.69 Å². The van der Waals surface area contributed by atoms with E-state index in [-0.39, 0.29) is 42.4 Å². The summed E-state index contributed by atoms with van der Waals surface area (Å²) < 4.78 is 12.1. The highest BCUT2D eigenvalue weighted by molar-refractivity contribution is 5.86. The number of pyridine rings is 1. The number of hydrogen-bond donors (Lipinski definition) is 3. The van der Waals surface area contributed by atoms with Gasteiger partial charge in [-0.25, -0.2) is 4.79 Å². The van der Waals surface area contributed by atoms with Gasteiger partial charge in [-0.1, -0.05) is 13.5 Å². The molecule has 0 bridgehead atoms. The third-order valence-corrected chi connectivity index (χ3v) is 6.26. The summed E-state index contributed by atoms with van der Waals surface area (Å²) in [6.45, 7) is 7.40. The highest BCUT2D eigenvalue weighted by atomic mass is 16.5. The van der Waals surface area contributed by atoms with E-state index < -0.39 is 12.1 Å². The number of nitrogens with zero attached hydrogens (tertiary/aromatic N) is 1. The predicted molar refractivity (Wildman–Crippen MR) is 124 cm³/mol. The van der Waals surface area contributed by atoms with Crippen molar-refractivity contribution >= 4 is 23.7 Å². The summed E-state index contributed by atoms with van der Waals surface area (Å²) in [6.07, 6.45) is -0.197. The normalized spacial score (nSPS) is 16.6. The molecule has 1 aromatic heterocycles. The summed E-state index contributed by atoms with van der Waals surface area (Å²) >= 11 is 0. The van der Waals surface area contributed by atoms with Crippen LogP contribution >= 0.6 is 0 Å². The van der Waals surface area contributed by atoms with Gasteiger partial charge in [-0.15, -0.1) is 0 Å². The Hall–Kier alpha value is -3.85. The van der Waals surface area contributed by atoms with E-state index in [1.807, 2.05) is 19.1 Å². The van der Waals surface area contributed by atoms with Crippen molar-refractivity contribution in [1.82, 2.24) is 4.57 Å². The van der Waals surface area contributed by atoms with Gasteiger partial charge in [-0.05, 0) is 54.3 Å². The molecule has 2 aliphatic heterocycles. The third kappa shape index (κ3) is 3.99. The summed E-state index contributed by atoms with van der Waals surface area (Å²) in [4.78, 5) is 35.0. The van der Waals surface area contributed by atoms with Crippen molar-refractivity contribution in [3.63, 3.8) is 0 Å². The molecule has 178 valence electrons. The lowest BCUT2D eigenvalue weighted by atomic mass is 9.88. The minimum Gasteiger partial charge on any atom is -0.489 e. The Morgan fingerprint density at radius 2 is 2.15 bits per heavy atom. The average molecular weight is 466 g/mol. The van der Waals surface area contributed by atoms with Gasteiger partial charge in [0.1, 0.15) is 19.0 Å². The van der Waals surface area contributed by atoms with Crippen LogP contribution in [0.5, 0.6) is 5.75 Å². The van der Waals surface area contributed by atoms with Crippen LogP contribution in [0, 0.1) is 0 Å². The summed E-state index contributed by atoms with van der Waals surface area (Å²) in [5.41, 5.74) is 4.98. The van der Waals surface area contributed by atoms with Crippen LogP contribution in [-0.4, -0.2) is 33.8 Å². The lowest BCUT2D eigenvalue weighted by Crippen LogP contribution is -2.27. The number of fused-ring (bicyclic) bond motifs is 4. The molecule has 9 heteroatoms. The second kappa shape index (κ2) is 9.18. The number of carbonyl (C=O) groups excluding carboxylic acids is 1. The van der Waals surface area contributed by atoms with Crippen molar-refractivity contribution in [3.8, 4) is 5.75 Å². The van der Waals surface area contributed by atoms with Gasteiger partial charge < -0.3 is 29.6 Å². The molecule has 34 heavy (non-hydrogen) atoms. The molecule has 4 rings (SSSR count). The van der Waals surface area contributed by atoms with E-state index in [9.17, 15) is 19.5 Å². The van der Waals surface area contributed by atoms with Crippen LogP contribution in [-0.2, 0) is 27.5 Å². The Balaban J connectivity index is 1.75. The largest absolute Gasteiger partial charge is 0.489 e. The van der Waals surface area contributed by atoms with Gasteiger partial charge >= 0.3 is 5.97 Å². The van der Waals surface area contributed by atoms with Crippen molar-refractivity contribution in [3.05, 3.63) is 74.7 Å². The fourth-order valence-corrected chi connectivity index (χ4v) is 4.60. The molecule has 2 unspecified atom stereocenters. The van der Waals surface area contributed by atoms with Crippen molar-refractivity contribution in [2.45, 2.75) is 45.6 Å². The first-order valence-corrected chi connectivity index (χ1v) is 10.9. The predicted octanol–water partition coefficient (Wildman–Crippen LogP) is 2.94. The SMILES string of the molecule is C=C(COc1ccc2c(c1)C(CC)=C1Cn3c(cc(C(C)O)c(COC=O)c3=O)C1N2)C(=O)O. The van der Waals surface area contributed by atoms with Crippen LogP contribution in [0.15, 0.2) is 46.8 Å². The van der Waals surface area contributed by atoms with E-state index in [1.165, 1.54) is 0 Å². The number of nitrogens with one attached hydrogen (secondary N) is 1. The maximum absolute atomic E-state index is 13.3. The van der Waals surface area contributed by atoms with Gasteiger partial charge in [-0.3, -0.25) is 9.59 Å². The van der Waals surface area contributed by atoms with Gasteiger partial charge in [0.2, 0.25) is 0 Å². The molecule has 0 saturated carbocycles. The van der Waals surface area contributed by atoms with Gasteiger partial charge in [0.05, 0.1) is 23.3 Å². The first kappa shape index (κ1) is 23.3. The number of aliphatic hydroxyl groups excluding tert-OH is 1. The first-order chi connectivity index (χ1) is 16.3. The lowest BCUT2D eigenvalue weighted by molar-refractivity contribution is -0.133. The molecule has 3 heterocycles. The molecular weight excluding hydrogens is 440 g/mol. The van der Waals surface area contributed by atoms with E-state index in [0.717, 1.165) is 28.1 Å². The van der Waals surface area contributed by atoms with Crippen LogP contribution < -0.4 is 15.6 Å². The van der Waals surface area contributed by atoms with Crippen LogP contribution in [0.25, 0.3) is 5.57 Å². The topological polar surface area (TPSA) is 127 Å². The number of carboxylic acid groups (broad SMARTS) is 1. The fourth-order valence-electron chi connectivity index (χ4n) is 4.60. The number of anilines is 1. The molecule has 1 aromatic carbocycles. The summed E-state index contributed by atoms with van der Waals surface area (Å²) in [5.74, 6) is -0.590. The molecule has 2 aliphatic rings. The monoisotopic (exact) mass is 466 g/mol. The number of carboxylic acids is 1. The number of allylic oxidation sites excluding steroid dienone is 1. The number of aliphatic carboxylic acids is 1. The molecule has 3 N–H and O–H groups in total. The Morgan fingerprint density at radius 3 is 2.79 bits per heavy atom. The van der Waals surface area contributed by atoms with Gasteiger partial charge in [0, 0.05) is 23.5 Å². The molecule has 0 spiro atoms. The third-order valence-electron chi connectivity index (χ3n) is 6.26. The minimum absolute atomic E-state index is 0.0427. The second-order valence-electron chi connectivity index (χ2n) is 8.32. The number of hydrogen-bond acceptors (Lipinski definition) is 7. The minimum atomic E-state index is -1.11. The summed E-state index contributed by atoms with van der Waals surface area (Å²) in [5, 5.41) is 22.8. The molecule has 0 amide bonds. The molecule has 0 radical (unpaired) electrons. The Morgan fingerprint density at radius 1 is 1.38 bits per heavy atom. The van der Waals surface area contributed by atoms with Crippen molar-refractivity contribution in [2.75, 3.05) is 11.9 Å². The van der Waals surface area contributed by atoms with E-state index in [4.69, 9.17) is 14.6 Å². The zero-order valence-corrected chi connectivity index (χ0v) is 19.0. The van der Waals surface area contributed by atoms with Crippen LogP contribution in [0.3, 0.4) is 0 Å². The number of benzene rings is 1. The Kier molecular flexibility index (Phi) is 6.30. The first-order valence-electron chi connectivity index (χ1n) is 10.9. The van der Waals surface area contributed by atoms with Crippen LogP contribution in [0.1, 0.15) is 54.8 Å². The van der Waals surface area contributed by atoms with Gasteiger partial charge in [0.15, 0.2) is 0 Å². The zero-order valence-electron chi connectivity index (χ0n) is 19.0. The molecular formula is C25H26N2O7. The quantitative estimate of drug-likeness (QED) is 0.380. The molecule has 0 aliphatic carbocycles. The summed E-state index contributed by atoms with van der Waals surface area (Å²) in [7, 11) is 0. The highest BCUT2D eigenvalue weighted by Crippen LogP contribution is 2.46. The zero-order chi connectivity index (χ0) is 24.6. The van der Waals surface area contributed by atoms with E-state index in [2.05, 4.69) is 11.9 Å². The average Bonchev–Trinajstić information content (AvgIpc) is 3.18. The highest BCUT2D eigenvalue weighted by Gasteiger charge is 2.36. The molecule has 0 fully saturated rings. The van der Waals surface area contributed by atoms with E-state index in [0.29, 0.717) is 24.3 Å². The maximum Gasteiger partial charge on any atom is 0.334 e. The standard InChI is InChI=1S/C25H26N2O7/c1-4-16-18-7-15(34-10-13(2)25(31)32)5-6-21(18)26-23-19(16)9-27-22(23)8-17(14(3)29)20(24(27)30)11-33-12-28/h5-8,12,14,23,26,29H,2,4,9-11H2,1,3H3,(H,31,32). The van der Waals surface area contributed by atoms with Crippen molar-refractivity contribution in [1.29, 1.82) is 0 Å². The van der Waals surface area contributed by atoms with Crippen LogP contribution in [0.2, 0.25) is 0 Å².